The largest absolute Gasteiger partial charge is 0.461 e. The zero-order valence-corrected chi connectivity index (χ0v) is 13.7. The van der Waals surface area contributed by atoms with E-state index in [1.807, 2.05) is 30.3 Å². The molecule has 0 radical (unpaired) electrons. The second-order valence-electron chi connectivity index (χ2n) is 6.31. The van der Waals surface area contributed by atoms with Crippen molar-refractivity contribution in [2.45, 2.75) is 31.7 Å². The molecule has 0 unspecified atom stereocenters. The van der Waals surface area contributed by atoms with Gasteiger partial charge >= 0.3 is 0 Å². The van der Waals surface area contributed by atoms with Crippen molar-refractivity contribution in [1.29, 1.82) is 0 Å². The molecule has 1 fully saturated rings. The molecule has 1 N–H and O–H groups in total. The van der Waals surface area contributed by atoms with Gasteiger partial charge in [0.25, 0.3) is 0 Å². The fourth-order valence-electron chi connectivity index (χ4n) is 2.89. The van der Waals surface area contributed by atoms with Crippen LogP contribution in [0.5, 0.6) is 0 Å². The zero-order chi connectivity index (χ0) is 17.1. The fraction of sp³-hybridized carbons (Fsp3) is 0.316. The van der Waals surface area contributed by atoms with Crippen molar-refractivity contribution in [3.8, 4) is 11.6 Å². The maximum Gasteiger partial charge on any atom is 0.249 e. The highest BCUT2D eigenvalue weighted by Gasteiger charge is 2.29. The first-order chi connectivity index (χ1) is 12.3. The van der Waals surface area contributed by atoms with Gasteiger partial charge in [0.05, 0.1) is 6.26 Å². The molecule has 1 aliphatic carbocycles. The number of hydrogen-bond donors (Lipinski definition) is 1. The van der Waals surface area contributed by atoms with Gasteiger partial charge in [-0.1, -0.05) is 41.9 Å². The second-order valence-corrected chi connectivity index (χ2v) is 6.31. The average Bonchev–Trinajstić information content (AvgIpc) is 3.25. The maximum absolute atomic E-state index is 12.4. The first kappa shape index (κ1) is 15.6. The van der Waals surface area contributed by atoms with Crippen LogP contribution in [0.4, 0.5) is 0 Å². The van der Waals surface area contributed by atoms with Crippen molar-refractivity contribution in [3.63, 3.8) is 0 Å². The minimum absolute atomic E-state index is 0.0601. The Labute approximate surface area is 145 Å². The van der Waals surface area contributed by atoms with Gasteiger partial charge in [0.2, 0.25) is 17.6 Å². The second kappa shape index (κ2) is 6.93. The summed E-state index contributed by atoms with van der Waals surface area (Å²) < 4.78 is 10.7. The van der Waals surface area contributed by atoms with Gasteiger partial charge in [-0.3, -0.25) is 4.79 Å². The summed E-state index contributed by atoms with van der Waals surface area (Å²) in [7, 11) is 0. The number of carbonyl (C=O) groups excluding carboxylic acids is 1. The van der Waals surface area contributed by atoms with Crippen molar-refractivity contribution >= 4 is 5.91 Å². The number of amides is 1. The number of rotatable bonds is 6. The standard InChI is InChI=1S/C19H19N3O3/c23-18(14-8-4-9-14)20-15(12-13-6-2-1-3-7-13)19-21-17(22-25-19)16-10-5-11-24-16/h1-3,5-7,10-11,14-15H,4,8-9,12H2,(H,20,23)/t15-/m0/s1. The van der Waals surface area contributed by atoms with Gasteiger partial charge in [0.15, 0.2) is 5.76 Å². The van der Waals surface area contributed by atoms with Crippen molar-refractivity contribution in [2.75, 3.05) is 0 Å². The van der Waals surface area contributed by atoms with Crippen LogP contribution in [0.3, 0.4) is 0 Å². The van der Waals surface area contributed by atoms with Crippen LogP contribution in [0, 0.1) is 5.92 Å². The Balaban J connectivity index is 1.56. The molecule has 6 heteroatoms. The van der Waals surface area contributed by atoms with E-state index in [9.17, 15) is 4.79 Å². The van der Waals surface area contributed by atoms with Crippen molar-refractivity contribution in [1.82, 2.24) is 15.5 Å². The molecule has 1 amide bonds. The molecule has 2 aromatic heterocycles. The molecule has 0 aliphatic heterocycles. The van der Waals surface area contributed by atoms with Crippen molar-refractivity contribution < 1.29 is 13.7 Å². The monoisotopic (exact) mass is 337 g/mol. The highest BCUT2D eigenvalue weighted by Crippen LogP contribution is 2.28. The third-order valence-corrected chi connectivity index (χ3v) is 4.56. The lowest BCUT2D eigenvalue weighted by Crippen LogP contribution is -2.37. The molecule has 0 bridgehead atoms. The number of nitrogens with zero attached hydrogens (tertiary/aromatic N) is 2. The first-order valence-corrected chi connectivity index (χ1v) is 8.51. The number of carbonyl (C=O) groups is 1. The summed E-state index contributed by atoms with van der Waals surface area (Å²) in [4.78, 5) is 16.8. The van der Waals surface area contributed by atoms with Crippen molar-refractivity contribution in [2.24, 2.45) is 5.92 Å². The minimum Gasteiger partial charge on any atom is -0.461 e. The third-order valence-electron chi connectivity index (χ3n) is 4.56. The summed E-state index contributed by atoms with van der Waals surface area (Å²) in [6.45, 7) is 0. The Morgan fingerprint density at radius 1 is 1.20 bits per heavy atom. The smallest absolute Gasteiger partial charge is 0.249 e. The van der Waals surface area contributed by atoms with E-state index < -0.39 is 0 Å². The van der Waals surface area contributed by atoms with Crippen LogP contribution in [0.1, 0.15) is 36.8 Å². The fourth-order valence-corrected chi connectivity index (χ4v) is 2.89. The van der Waals surface area contributed by atoms with Gasteiger partial charge in [-0.15, -0.1) is 0 Å². The summed E-state index contributed by atoms with van der Waals surface area (Å²) in [5, 5.41) is 7.05. The lowest BCUT2D eigenvalue weighted by atomic mass is 9.84. The predicted octanol–water partition coefficient (Wildman–Crippen LogP) is 3.53. The average molecular weight is 337 g/mol. The molecule has 25 heavy (non-hydrogen) atoms. The van der Waals surface area contributed by atoms with E-state index in [0.717, 1.165) is 24.8 Å². The number of aromatic nitrogens is 2. The lowest BCUT2D eigenvalue weighted by Gasteiger charge is -2.26. The van der Waals surface area contributed by atoms with E-state index in [2.05, 4.69) is 15.5 Å². The van der Waals surface area contributed by atoms with Crippen LogP contribution in [-0.2, 0) is 11.2 Å². The molecule has 1 aliphatic rings. The van der Waals surface area contributed by atoms with E-state index in [4.69, 9.17) is 8.94 Å². The summed E-state index contributed by atoms with van der Waals surface area (Å²) in [6, 6.07) is 13.1. The van der Waals surface area contributed by atoms with Crippen LogP contribution >= 0.6 is 0 Å². The topological polar surface area (TPSA) is 81.2 Å². The van der Waals surface area contributed by atoms with Gasteiger partial charge in [-0.2, -0.15) is 4.98 Å². The lowest BCUT2D eigenvalue weighted by molar-refractivity contribution is -0.128. The molecule has 1 saturated carbocycles. The van der Waals surface area contributed by atoms with E-state index in [0.29, 0.717) is 23.9 Å². The molecule has 1 atom stereocenters. The molecule has 2 heterocycles. The molecule has 128 valence electrons. The van der Waals surface area contributed by atoms with Crippen LogP contribution in [0.2, 0.25) is 0 Å². The highest BCUT2D eigenvalue weighted by molar-refractivity contribution is 5.79. The van der Waals surface area contributed by atoms with E-state index in [-0.39, 0.29) is 17.9 Å². The predicted molar refractivity (Wildman–Crippen MR) is 90.4 cm³/mol. The highest BCUT2D eigenvalue weighted by atomic mass is 16.5. The Bertz CT molecular complexity index is 823. The molecule has 0 spiro atoms. The summed E-state index contributed by atoms with van der Waals surface area (Å²) in [5.41, 5.74) is 1.10. The zero-order valence-electron chi connectivity index (χ0n) is 13.7. The van der Waals surface area contributed by atoms with Crippen LogP contribution in [0.15, 0.2) is 57.7 Å². The molecule has 4 rings (SSSR count). The van der Waals surface area contributed by atoms with Gasteiger partial charge in [0, 0.05) is 12.3 Å². The number of hydrogen-bond acceptors (Lipinski definition) is 5. The summed E-state index contributed by atoms with van der Waals surface area (Å²) >= 11 is 0. The molecular formula is C19H19N3O3. The molecule has 3 aromatic rings. The number of nitrogens with one attached hydrogen (secondary N) is 1. The number of furan rings is 1. The summed E-state index contributed by atoms with van der Waals surface area (Å²) in [6.07, 6.45) is 5.17. The third kappa shape index (κ3) is 3.47. The van der Waals surface area contributed by atoms with Crippen LogP contribution in [0.25, 0.3) is 11.6 Å². The normalized spacial score (nSPS) is 15.5. The minimum atomic E-state index is -0.355. The van der Waals surface area contributed by atoms with Crippen LogP contribution in [-0.4, -0.2) is 16.0 Å². The van der Waals surface area contributed by atoms with E-state index in [1.165, 1.54) is 0 Å². The Morgan fingerprint density at radius 3 is 2.72 bits per heavy atom. The molecule has 6 nitrogen and oxygen atoms in total. The first-order valence-electron chi connectivity index (χ1n) is 8.51. The van der Waals surface area contributed by atoms with E-state index in [1.54, 1.807) is 18.4 Å². The molecule has 1 aromatic carbocycles. The maximum atomic E-state index is 12.4. The molecular weight excluding hydrogens is 318 g/mol. The van der Waals surface area contributed by atoms with Crippen LogP contribution < -0.4 is 5.32 Å². The summed E-state index contributed by atoms with van der Waals surface area (Å²) in [5.74, 6) is 1.48. The molecule has 0 saturated heterocycles. The van der Waals surface area contributed by atoms with Gasteiger partial charge < -0.3 is 14.3 Å². The van der Waals surface area contributed by atoms with Gasteiger partial charge in [-0.25, -0.2) is 0 Å². The Morgan fingerprint density at radius 2 is 2.04 bits per heavy atom. The van der Waals surface area contributed by atoms with Gasteiger partial charge in [0.1, 0.15) is 6.04 Å². The quantitative estimate of drug-likeness (QED) is 0.744. The Kier molecular flexibility index (Phi) is 4.33. The SMILES string of the molecule is O=C(N[C@@H](Cc1ccccc1)c1nc(-c2ccco2)no1)C1CCC1. The van der Waals surface area contributed by atoms with Gasteiger partial charge in [-0.05, 0) is 30.5 Å². The van der Waals surface area contributed by atoms with Crippen molar-refractivity contribution in [3.05, 3.63) is 60.2 Å². The Hall–Kier alpha value is -2.89. The number of benzene rings is 1. The van der Waals surface area contributed by atoms with E-state index >= 15 is 0 Å².